The standard InChI is InChI=1S/C13H14O2/c1-9(14)8-12-10-6-4-5-7-11(10)13(2,3)15-12/h4-8H,1-3H3/b12-8-. The molecule has 1 aromatic carbocycles. The van der Waals surface area contributed by atoms with Crippen LogP contribution in [0.1, 0.15) is 31.9 Å². The zero-order valence-corrected chi connectivity index (χ0v) is 9.20. The van der Waals surface area contributed by atoms with Crippen LogP contribution in [0.15, 0.2) is 30.3 Å². The van der Waals surface area contributed by atoms with E-state index in [2.05, 4.69) is 0 Å². The van der Waals surface area contributed by atoms with Gasteiger partial charge >= 0.3 is 0 Å². The molecule has 1 aromatic rings. The van der Waals surface area contributed by atoms with Crippen LogP contribution in [-0.4, -0.2) is 5.78 Å². The monoisotopic (exact) mass is 202 g/mol. The molecule has 1 aliphatic rings. The summed E-state index contributed by atoms with van der Waals surface area (Å²) in [6.45, 7) is 5.55. The highest BCUT2D eigenvalue weighted by Crippen LogP contribution is 2.42. The maximum atomic E-state index is 11.1. The van der Waals surface area contributed by atoms with Crippen LogP contribution in [0.4, 0.5) is 0 Å². The molecule has 0 radical (unpaired) electrons. The lowest BCUT2D eigenvalue weighted by molar-refractivity contribution is -0.112. The molecule has 1 heterocycles. The molecule has 15 heavy (non-hydrogen) atoms. The molecule has 0 saturated heterocycles. The maximum Gasteiger partial charge on any atom is 0.156 e. The molecule has 2 heteroatoms. The number of ether oxygens (including phenoxy) is 1. The Hall–Kier alpha value is -1.57. The molecule has 0 aliphatic carbocycles. The minimum Gasteiger partial charge on any atom is -0.482 e. The van der Waals surface area contributed by atoms with Gasteiger partial charge in [0, 0.05) is 17.2 Å². The molecule has 0 N–H and O–H groups in total. The molecule has 0 unspecified atom stereocenters. The van der Waals surface area contributed by atoms with Crippen LogP contribution in [0.3, 0.4) is 0 Å². The van der Waals surface area contributed by atoms with E-state index in [1.165, 1.54) is 6.92 Å². The van der Waals surface area contributed by atoms with Gasteiger partial charge in [0.05, 0.1) is 0 Å². The van der Waals surface area contributed by atoms with E-state index in [-0.39, 0.29) is 11.4 Å². The van der Waals surface area contributed by atoms with Gasteiger partial charge in [0.1, 0.15) is 11.4 Å². The average molecular weight is 202 g/mol. The number of rotatable bonds is 1. The molecule has 2 nitrogen and oxygen atoms in total. The average Bonchev–Trinajstić information content (AvgIpc) is 2.39. The van der Waals surface area contributed by atoms with Crippen molar-refractivity contribution in [2.75, 3.05) is 0 Å². The van der Waals surface area contributed by atoms with Gasteiger partial charge in [-0.1, -0.05) is 24.3 Å². The minimum absolute atomic E-state index is 0.0116. The largest absolute Gasteiger partial charge is 0.482 e. The Bertz CT molecular complexity index is 442. The van der Waals surface area contributed by atoms with E-state index in [9.17, 15) is 4.79 Å². The van der Waals surface area contributed by atoms with Crippen molar-refractivity contribution in [3.05, 3.63) is 41.5 Å². The topological polar surface area (TPSA) is 26.3 Å². The third kappa shape index (κ3) is 1.67. The van der Waals surface area contributed by atoms with Crippen molar-refractivity contribution in [3.8, 4) is 0 Å². The van der Waals surface area contributed by atoms with Crippen molar-refractivity contribution < 1.29 is 9.53 Å². The van der Waals surface area contributed by atoms with Gasteiger partial charge in [0.2, 0.25) is 0 Å². The molecule has 2 rings (SSSR count). The minimum atomic E-state index is -0.335. The summed E-state index contributed by atoms with van der Waals surface area (Å²) in [6.07, 6.45) is 1.55. The zero-order chi connectivity index (χ0) is 11.1. The van der Waals surface area contributed by atoms with Crippen molar-refractivity contribution in [2.45, 2.75) is 26.4 Å². The molecule has 0 spiro atoms. The number of carbonyl (C=O) groups excluding carboxylic acids is 1. The van der Waals surface area contributed by atoms with Crippen LogP contribution in [0.2, 0.25) is 0 Å². The lowest BCUT2D eigenvalue weighted by Gasteiger charge is -2.18. The number of allylic oxidation sites excluding steroid dienone is 1. The van der Waals surface area contributed by atoms with Crippen molar-refractivity contribution in [2.24, 2.45) is 0 Å². The first-order valence-electron chi connectivity index (χ1n) is 5.02. The molecule has 0 amide bonds. The van der Waals surface area contributed by atoms with Crippen LogP contribution in [0.5, 0.6) is 0 Å². The number of hydrogen-bond donors (Lipinski definition) is 0. The summed E-state index contributed by atoms with van der Waals surface area (Å²) in [4.78, 5) is 11.1. The molecule has 0 bridgehead atoms. The quantitative estimate of drug-likeness (QED) is 0.654. The van der Waals surface area contributed by atoms with Crippen molar-refractivity contribution in [1.82, 2.24) is 0 Å². The fourth-order valence-electron chi connectivity index (χ4n) is 1.90. The lowest BCUT2D eigenvalue weighted by atomic mass is 9.96. The molecular formula is C13H14O2. The van der Waals surface area contributed by atoms with Crippen LogP contribution in [0.25, 0.3) is 5.76 Å². The number of fused-ring (bicyclic) bond motifs is 1. The highest BCUT2D eigenvalue weighted by Gasteiger charge is 2.34. The van der Waals surface area contributed by atoms with Crippen molar-refractivity contribution in [1.29, 1.82) is 0 Å². The number of ketones is 1. The van der Waals surface area contributed by atoms with Gasteiger partial charge in [-0.05, 0) is 20.8 Å². The Morgan fingerprint density at radius 3 is 2.67 bits per heavy atom. The van der Waals surface area contributed by atoms with Gasteiger partial charge in [-0.25, -0.2) is 0 Å². The summed E-state index contributed by atoms with van der Waals surface area (Å²) in [6, 6.07) is 7.97. The smallest absolute Gasteiger partial charge is 0.156 e. The van der Waals surface area contributed by atoms with E-state index in [4.69, 9.17) is 4.74 Å². The highest BCUT2D eigenvalue weighted by atomic mass is 16.5. The summed E-state index contributed by atoms with van der Waals surface area (Å²) in [7, 11) is 0. The van der Waals surface area contributed by atoms with E-state index < -0.39 is 0 Å². The summed E-state index contributed by atoms with van der Waals surface area (Å²) >= 11 is 0. The Balaban J connectivity index is 2.57. The van der Waals surface area contributed by atoms with Crippen LogP contribution in [-0.2, 0) is 15.1 Å². The van der Waals surface area contributed by atoms with Crippen molar-refractivity contribution >= 4 is 11.5 Å². The zero-order valence-electron chi connectivity index (χ0n) is 9.20. The van der Waals surface area contributed by atoms with Gasteiger partial charge in [0.15, 0.2) is 5.78 Å². The van der Waals surface area contributed by atoms with Crippen LogP contribution < -0.4 is 0 Å². The first-order chi connectivity index (χ1) is 7.00. The summed E-state index contributed by atoms with van der Waals surface area (Å²) in [5.41, 5.74) is 1.83. The second-order valence-corrected chi connectivity index (χ2v) is 4.28. The van der Waals surface area contributed by atoms with E-state index in [1.54, 1.807) is 6.08 Å². The second kappa shape index (κ2) is 3.23. The molecule has 0 fully saturated rings. The Kier molecular flexibility index (Phi) is 2.14. The van der Waals surface area contributed by atoms with E-state index >= 15 is 0 Å². The van der Waals surface area contributed by atoms with E-state index in [0.717, 1.165) is 11.1 Å². The van der Waals surface area contributed by atoms with E-state index in [0.29, 0.717) is 5.76 Å². The molecular weight excluding hydrogens is 188 g/mol. The Labute approximate surface area is 89.6 Å². The molecule has 78 valence electrons. The number of benzene rings is 1. The number of hydrogen-bond acceptors (Lipinski definition) is 2. The Morgan fingerprint density at radius 2 is 2.00 bits per heavy atom. The molecule has 1 aliphatic heterocycles. The van der Waals surface area contributed by atoms with Gasteiger partial charge < -0.3 is 4.74 Å². The second-order valence-electron chi connectivity index (χ2n) is 4.28. The SMILES string of the molecule is CC(=O)/C=C1\OC(C)(C)c2ccccc21. The van der Waals surface area contributed by atoms with E-state index in [1.807, 2.05) is 38.1 Å². The third-order valence-corrected chi connectivity index (χ3v) is 2.54. The first kappa shape index (κ1) is 9.97. The number of carbonyl (C=O) groups is 1. The lowest BCUT2D eigenvalue weighted by Crippen LogP contribution is -2.14. The van der Waals surface area contributed by atoms with Crippen molar-refractivity contribution in [3.63, 3.8) is 0 Å². The van der Waals surface area contributed by atoms with Gasteiger partial charge in [-0.2, -0.15) is 0 Å². The van der Waals surface area contributed by atoms with Crippen LogP contribution >= 0.6 is 0 Å². The molecule has 0 saturated carbocycles. The predicted molar refractivity (Wildman–Crippen MR) is 59.2 cm³/mol. The maximum absolute atomic E-state index is 11.1. The van der Waals surface area contributed by atoms with Crippen LogP contribution in [0, 0.1) is 0 Å². The van der Waals surface area contributed by atoms with Gasteiger partial charge in [-0.3, -0.25) is 4.79 Å². The third-order valence-electron chi connectivity index (χ3n) is 2.54. The Morgan fingerprint density at radius 1 is 1.33 bits per heavy atom. The summed E-state index contributed by atoms with van der Waals surface area (Å²) in [5.74, 6) is 0.695. The predicted octanol–water partition coefficient (Wildman–Crippen LogP) is 2.88. The normalized spacial score (nSPS) is 19.8. The summed E-state index contributed by atoms with van der Waals surface area (Å²) < 4.78 is 5.77. The summed E-state index contributed by atoms with van der Waals surface area (Å²) in [5, 5.41) is 0. The van der Waals surface area contributed by atoms with Gasteiger partial charge in [0.25, 0.3) is 0 Å². The fraction of sp³-hybridized carbons (Fsp3) is 0.308. The fourth-order valence-corrected chi connectivity index (χ4v) is 1.90. The highest BCUT2D eigenvalue weighted by molar-refractivity contribution is 5.94. The molecule has 0 aromatic heterocycles. The molecule has 0 atom stereocenters. The van der Waals surface area contributed by atoms with Gasteiger partial charge in [-0.15, -0.1) is 0 Å². The first-order valence-corrected chi connectivity index (χ1v) is 5.02.